The maximum atomic E-state index is 13.1. The number of anilines is 1. The number of hydrogen-bond donors (Lipinski definition) is 1. The highest BCUT2D eigenvalue weighted by atomic mass is 32.2. The van der Waals surface area contributed by atoms with Gasteiger partial charge in [-0.15, -0.1) is 10.2 Å². The molecule has 8 heteroatoms. The fourth-order valence-electron chi connectivity index (χ4n) is 3.09. The number of rotatable bonds is 8. The van der Waals surface area contributed by atoms with Crippen molar-refractivity contribution in [1.29, 1.82) is 0 Å². The van der Waals surface area contributed by atoms with Crippen molar-refractivity contribution in [3.63, 3.8) is 0 Å². The lowest BCUT2D eigenvalue weighted by atomic mass is 10.2. The number of ether oxygens (including phenoxy) is 1. The van der Waals surface area contributed by atoms with Gasteiger partial charge in [0.1, 0.15) is 11.6 Å². The minimum atomic E-state index is -0.353. The van der Waals surface area contributed by atoms with Crippen LogP contribution in [0.1, 0.15) is 6.92 Å². The Morgan fingerprint density at radius 3 is 2.41 bits per heavy atom. The summed E-state index contributed by atoms with van der Waals surface area (Å²) in [5, 5.41) is 12.1. The standard InChI is InChI=1S/C24H21FN4O2S/c1-2-31-21-14-12-20(13-15-21)29-23(17-6-4-3-5-7-17)27-28-24(29)32-16-22(30)26-19-10-8-18(25)9-11-19/h3-15H,2,16H2,1H3,(H,26,30). The molecule has 0 unspecified atom stereocenters. The van der Waals surface area contributed by atoms with E-state index in [2.05, 4.69) is 15.5 Å². The first-order valence-corrected chi connectivity index (χ1v) is 11.0. The molecule has 1 heterocycles. The fourth-order valence-corrected chi connectivity index (χ4v) is 3.84. The molecule has 0 atom stereocenters. The Morgan fingerprint density at radius 1 is 1.00 bits per heavy atom. The second kappa shape index (κ2) is 10.1. The van der Waals surface area contributed by atoms with Gasteiger partial charge in [-0.05, 0) is 55.5 Å². The molecule has 0 bridgehead atoms. The first-order valence-electron chi connectivity index (χ1n) is 10.1. The maximum Gasteiger partial charge on any atom is 0.234 e. The van der Waals surface area contributed by atoms with Gasteiger partial charge in [-0.25, -0.2) is 4.39 Å². The number of aromatic nitrogens is 3. The largest absolute Gasteiger partial charge is 0.494 e. The van der Waals surface area contributed by atoms with E-state index in [1.807, 2.05) is 66.1 Å². The van der Waals surface area contributed by atoms with Crippen molar-refractivity contribution in [2.75, 3.05) is 17.7 Å². The average Bonchev–Trinajstić information content (AvgIpc) is 3.24. The van der Waals surface area contributed by atoms with E-state index in [9.17, 15) is 9.18 Å². The molecule has 0 aliphatic heterocycles. The molecule has 4 rings (SSSR count). The fraction of sp³-hybridized carbons (Fsp3) is 0.125. The van der Waals surface area contributed by atoms with Crippen molar-refractivity contribution in [2.45, 2.75) is 12.1 Å². The maximum absolute atomic E-state index is 13.1. The van der Waals surface area contributed by atoms with Crippen LogP contribution in [0.3, 0.4) is 0 Å². The molecule has 0 aliphatic rings. The molecule has 0 saturated carbocycles. The van der Waals surface area contributed by atoms with Crippen molar-refractivity contribution in [2.24, 2.45) is 0 Å². The highest BCUT2D eigenvalue weighted by molar-refractivity contribution is 7.99. The Kier molecular flexibility index (Phi) is 6.81. The Hall–Kier alpha value is -3.65. The minimum Gasteiger partial charge on any atom is -0.494 e. The van der Waals surface area contributed by atoms with Gasteiger partial charge in [-0.3, -0.25) is 9.36 Å². The zero-order valence-corrected chi connectivity index (χ0v) is 18.2. The molecule has 0 saturated heterocycles. The lowest BCUT2D eigenvalue weighted by Gasteiger charge is -2.11. The summed E-state index contributed by atoms with van der Waals surface area (Å²) >= 11 is 1.27. The van der Waals surface area contributed by atoms with Crippen LogP contribution < -0.4 is 10.1 Å². The quantitative estimate of drug-likeness (QED) is 0.375. The molecule has 0 radical (unpaired) electrons. The SMILES string of the molecule is CCOc1ccc(-n2c(SCC(=O)Nc3ccc(F)cc3)nnc2-c2ccccc2)cc1. The molecule has 1 aromatic heterocycles. The van der Waals surface area contributed by atoms with Gasteiger partial charge in [-0.1, -0.05) is 42.1 Å². The van der Waals surface area contributed by atoms with Crippen molar-refractivity contribution < 1.29 is 13.9 Å². The van der Waals surface area contributed by atoms with Gasteiger partial charge in [0.25, 0.3) is 0 Å². The van der Waals surface area contributed by atoms with Crippen molar-refractivity contribution in [3.8, 4) is 22.8 Å². The molecule has 1 amide bonds. The van der Waals surface area contributed by atoms with Crippen LogP contribution in [0.25, 0.3) is 17.1 Å². The topological polar surface area (TPSA) is 69.0 Å². The van der Waals surface area contributed by atoms with Crippen molar-refractivity contribution in [1.82, 2.24) is 14.8 Å². The van der Waals surface area contributed by atoms with Crippen LogP contribution in [-0.4, -0.2) is 33.0 Å². The van der Waals surface area contributed by atoms with Crippen LogP contribution in [0.2, 0.25) is 0 Å². The number of hydrogen-bond acceptors (Lipinski definition) is 5. The molecular weight excluding hydrogens is 427 g/mol. The second-order valence-corrected chi connectivity index (χ2v) is 7.72. The molecule has 0 aliphatic carbocycles. The van der Waals surface area contributed by atoms with E-state index in [-0.39, 0.29) is 17.5 Å². The summed E-state index contributed by atoms with van der Waals surface area (Å²) in [6.07, 6.45) is 0. The normalized spacial score (nSPS) is 10.7. The van der Waals surface area contributed by atoms with Gasteiger partial charge in [0.15, 0.2) is 11.0 Å². The Balaban J connectivity index is 1.58. The molecule has 4 aromatic rings. The summed E-state index contributed by atoms with van der Waals surface area (Å²) in [5.41, 5.74) is 2.31. The summed E-state index contributed by atoms with van der Waals surface area (Å²) in [6.45, 7) is 2.53. The number of nitrogens with one attached hydrogen (secondary N) is 1. The smallest absolute Gasteiger partial charge is 0.234 e. The van der Waals surface area contributed by atoms with E-state index in [1.54, 1.807) is 0 Å². The van der Waals surface area contributed by atoms with Crippen LogP contribution in [0.5, 0.6) is 5.75 Å². The summed E-state index contributed by atoms with van der Waals surface area (Å²) in [4.78, 5) is 12.4. The summed E-state index contributed by atoms with van der Waals surface area (Å²) in [6, 6.07) is 23.0. The molecule has 0 spiro atoms. The van der Waals surface area contributed by atoms with Crippen LogP contribution in [0.15, 0.2) is 84.0 Å². The molecule has 32 heavy (non-hydrogen) atoms. The van der Waals surface area contributed by atoms with Crippen molar-refractivity contribution >= 4 is 23.4 Å². The highest BCUT2D eigenvalue weighted by Crippen LogP contribution is 2.29. The van der Waals surface area contributed by atoms with E-state index in [0.29, 0.717) is 23.3 Å². The zero-order valence-electron chi connectivity index (χ0n) is 17.4. The monoisotopic (exact) mass is 448 g/mol. The zero-order chi connectivity index (χ0) is 22.3. The number of nitrogens with zero attached hydrogens (tertiary/aromatic N) is 3. The minimum absolute atomic E-state index is 0.126. The number of carbonyl (C=O) groups is 1. The van der Waals surface area contributed by atoms with Gasteiger partial charge in [-0.2, -0.15) is 0 Å². The molecule has 162 valence electrons. The van der Waals surface area contributed by atoms with Crippen LogP contribution in [0, 0.1) is 5.82 Å². The second-order valence-electron chi connectivity index (χ2n) is 6.78. The van der Waals surface area contributed by atoms with Gasteiger partial charge in [0.05, 0.1) is 12.4 Å². The highest BCUT2D eigenvalue weighted by Gasteiger charge is 2.17. The van der Waals surface area contributed by atoms with Gasteiger partial charge in [0, 0.05) is 16.9 Å². The van der Waals surface area contributed by atoms with Gasteiger partial charge >= 0.3 is 0 Å². The van der Waals surface area contributed by atoms with Crippen molar-refractivity contribution in [3.05, 3.63) is 84.7 Å². The Morgan fingerprint density at radius 2 is 1.72 bits per heavy atom. The van der Waals surface area contributed by atoms with Crippen LogP contribution >= 0.6 is 11.8 Å². The first-order chi connectivity index (χ1) is 15.6. The van der Waals surface area contributed by atoms with E-state index in [1.165, 1.54) is 36.0 Å². The molecule has 3 aromatic carbocycles. The third-order valence-electron chi connectivity index (χ3n) is 4.53. The number of carbonyl (C=O) groups excluding carboxylic acids is 1. The van der Waals surface area contributed by atoms with Gasteiger partial charge in [0.2, 0.25) is 5.91 Å². The third kappa shape index (κ3) is 5.15. The number of halogens is 1. The lowest BCUT2D eigenvalue weighted by molar-refractivity contribution is -0.113. The summed E-state index contributed by atoms with van der Waals surface area (Å²) in [7, 11) is 0. The summed E-state index contributed by atoms with van der Waals surface area (Å²) < 4.78 is 20.5. The number of thioether (sulfide) groups is 1. The predicted molar refractivity (Wildman–Crippen MR) is 124 cm³/mol. The molecule has 1 N–H and O–H groups in total. The van der Waals surface area contributed by atoms with E-state index in [0.717, 1.165) is 17.0 Å². The Labute approximate surface area is 189 Å². The summed E-state index contributed by atoms with van der Waals surface area (Å²) in [5.74, 6) is 1.01. The lowest BCUT2D eigenvalue weighted by Crippen LogP contribution is -2.14. The first kappa shape index (κ1) is 21.6. The Bertz CT molecular complexity index is 1180. The number of amides is 1. The van der Waals surface area contributed by atoms with Crippen LogP contribution in [-0.2, 0) is 4.79 Å². The van der Waals surface area contributed by atoms with Crippen LogP contribution in [0.4, 0.5) is 10.1 Å². The predicted octanol–water partition coefficient (Wildman–Crippen LogP) is 5.20. The van der Waals surface area contributed by atoms with Gasteiger partial charge < -0.3 is 10.1 Å². The molecule has 6 nitrogen and oxygen atoms in total. The van der Waals surface area contributed by atoms with E-state index >= 15 is 0 Å². The third-order valence-corrected chi connectivity index (χ3v) is 5.46. The molecule has 0 fully saturated rings. The molecular formula is C24H21FN4O2S. The average molecular weight is 449 g/mol. The van der Waals surface area contributed by atoms with E-state index < -0.39 is 0 Å². The number of benzene rings is 3. The van der Waals surface area contributed by atoms with E-state index in [4.69, 9.17) is 4.74 Å².